The maximum absolute atomic E-state index is 5.69. The van der Waals surface area contributed by atoms with Gasteiger partial charge in [-0.25, -0.2) is 0 Å². The first kappa shape index (κ1) is 17.9. The Morgan fingerprint density at radius 2 is 1.25 bits per heavy atom. The van der Waals surface area contributed by atoms with Gasteiger partial charge in [-0.05, 0) is 12.8 Å². The van der Waals surface area contributed by atoms with Crippen molar-refractivity contribution in [2.24, 2.45) is 0 Å². The summed E-state index contributed by atoms with van der Waals surface area (Å²) in [5.41, 5.74) is 0. The van der Waals surface area contributed by atoms with Crippen LogP contribution in [0.1, 0.15) is 81.1 Å². The maximum Gasteiger partial charge on any atom is 0.117 e. The molecule has 0 saturated carbocycles. The smallest absolute Gasteiger partial charge is 0.117 e. The van der Waals surface area contributed by atoms with Gasteiger partial charge in [0.1, 0.15) is 10.0 Å². The molecule has 0 bridgehead atoms. The van der Waals surface area contributed by atoms with Gasteiger partial charge in [-0.15, -0.1) is 33.1 Å². The van der Waals surface area contributed by atoms with E-state index in [0.717, 1.165) is 24.3 Å². The van der Waals surface area contributed by atoms with Crippen molar-refractivity contribution in [3.05, 3.63) is 10.0 Å². The zero-order chi connectivity index (χ0) is 14.5. The Morgan fingerprint density at radius 1 is 0.750 bits per heavy atom. The van der Waals surface area contributed by atoms with Gasteiger partial charge in [-0.3, -0.25) is 0 Å². The summed E-state index contributed by atoms with van der Waals surface area (Å²) in [6.07, 6.45) is 15.5. The number of nitrogens with zero attached hydrogens (tertiary/aromatic N) is 2. The molecule has 1 heterocycles. The minimum absolute atomic E-state index is 0.715. The van der Waals surface area contributed by atoms with Crippen molar-refractivity contribution in [1.29, 1.82) is 0 Å². The second-order valence-corrected chi connectivity index (χ2v) is 6.99. The standard InChI is InChI=1S/C16H29ClN2S/c1-2-3-4-5-6-7-8-9-10-12-15-18-19-16(20-15)13-11-14-17/h2-14H2,1H3. The molecular formula is C16H29ClN2S. The molecule has 0 aliphatic rings. The molecule has 1 rings (SSSR count). The zero-order valence-electron chi connectivity index (χ0n) is 12.9. The summed E-state index contributed by atoms with van der Waals surface area (Å²) in [7, 11) is 0. The molecule has 0 atom stereocenters. The fourth-order valence-electron chi connectivity index (χ4n) is 2.30. The maximum atomic E-state index is 5.69. The Kier molecular flexibility index (Phi) is 11.3. The molecule has 0 amide bonds. The summed E-state index contributed by atoms with van der Waals surface area (Å²) in [5.74, 6) is 0.715. The fraction of sp³-hybridized carbons (Fsp3) is 0.875. The van der Waals surface area contributed by atoms with E-state index in [9.17, 15) is 0 Å². The summed E-state index contributed by atoms with van der Waals surface area (Å²) in [5, 5.41) is 10.8. The van der Waals surface area contributed by atoms with Crippen LogP contribution >= 0.6 is 22.9 Å². The number of aromatic nitrogens is 2. The van der Waals surface area contributed by atoms with E-state index in [1.807, 2.05) is 0 Å². The van der Waals surface area contributed by atoms with Crippen LogP contribution in [0.3, 0.4) is 0 Å². The lowest BCUT2D eigenvalue weighted by molar-refractivity contribution is 0.564. The van der Waals surface area contributed by atoms with E-state index >= 15 is 0 Å². The number of alkyl halides is 1. The Hall–Kier alpha value is -0.150. The van der Waals surface area contributed by atoms with Crippen molar-refractivity contribution in [3.8, 4) is 0 Å². The Bertz CT molecular complexity index is 328. The summed E-state index contributed by atoms with van der Waals surface area (Å²) in [6.45, 7) is 2.27. The highest BCUT2D eigenvalue weighted by Crippen LogP contribution is 2.16. The van der Waals surface area contributed by atoms with Gasteiger partial charge in [0.25, 0.3) is 0 Å². The normalized spacial score (nSPS) is 11.1. The molecule has 20 heavy (non-hydrogen) atoms. The molecule has 0 unspecified atom stereocenters. The first-order valence-electron chi connectivity index (χ1n) is 8.24. The number of unbranched alkanes of at least 4 members (excludes halogenated alkanes) is 8. The SMILES string of the molecule is CCCCCCCCCCCc1nnc(CCCCl)s1. The quantitative estimate of drug-likeness (QED) is 0.340. The number of halogens is 1. The molecule has 2 nitrogen and oxygen atoms in total. The Balaban J connectivity index is 1.94. The summed E-state index contributed by atoms with van der Waals surface area (Å²) in [4.78, 5) is 0. The van der Waals surface area contributed by atoms with Gasteiger partial charge < -0.3 is 0 Å². The van der Waals surface area contributed by atoms with Gasteiger partial charge in [0.2, 0.25) is 0 Å². The number of rotatable bonds is 13. The van der Waals surface area contributed by atoms with Gasteiger partial charge in [-0.2, -0.15) is 0 Å². The van der Waals surface area contributed by atoms with Crippen LogP contribution < -0.4 is 0 Å². The molecule has 0 fully saturated rings. The monoisotopic (exact) mass is 316 g/mol. The zero-order valence-corrected chi connectivity index (χ0v) is 14.4. The molecular weight excluding hydrogens is 288 g/mol. The van der Waals surface area contributed by atoms with Crippen molar-refractivity contribution in [2.45, 2.75) is 84.0 Å². The van der Waals surface area contributed by atoms with E-state index in [2.05, 4.69) is 17.1 Å². The lowest BCUT2D eigenvalue weighted by Crippen LogP contribution is -1.86. The molecule has 0 aliphatic carbocycles. The van der Waals surface area contributed by atoms with Crippen LogP contribution in [0.5, 0.6) is 0 Å². The summed E-state index contributed by atoms with van der Waals surface area (Å²) < 4.78 is 0. The van der Waals surface area contributed by atoms with E-state index in [1.54, 1.807) is 11.3 Å². The molecule has 0 N–H and O–H groups in total. The van der Waals surface area contributed by atoms with E-state index < -0.39 is 0 Å². The minimum Gasteiger partial charge on any atom is -0.144 e. The van der Waals surface area contributed by atoms with Crippen LogP contribution in [-0.2, 0) is 12.8 Å². The van der Waals surface area contributed by atoms with Crippen molar-refractivity contribution in [1.82, 2.24) is 10.2 Å². The highest BCUT2D eigenvalue weighted by Gasteiger charge is 2.03. The molecule has 0 radical (unpaired) electrons. The van der Waals surface area contributed by atoms with Crippen molar-refractivity contribution in [2.75, 3.05) is 5.88 Å². The van der Waals surface area contributed by atoms with Crippen molar-refractivity contribution >= 4 is 22.9 Å². The van der Waals surface area contributed by atoms with E-state index in [0.29, 0.717) is 5.88 Å². The van der Waals surface area contributed by atoms with Crippen molar-refractivity contribution in [3.63, 3.8) is 0 Å². The number of hydrogen-bond acceptors (Lipinski definition) is 3. The van der Waals surface area contributed by atoms with Gasteiger partial charge in [0.05, 0.1) is 0 Å². The average molecular weight is 317 g/mol. The van der Waals surface area contributed by atoms with Crippen LogP contribution in [0.2, 0.25) is 0 Å². The van der Waals surface area contributed by atoms with Gasteiger partial charge in [0, 0.05) is 18.7 Å². The van der Waals surface area contributed by atoms with E-state index in [1.165, 1.54) is 62.8 Å². The molecule has 1 aromatic heterocycles. The van der Waals surface area contributed by atoms with Crippen LogP contribution in [0.15, 0.2) is 0 Å². The molecule has 0 spiro atoms. The number of hydrogen-bond donors (Lipinski definition) is 0. The van der Waals surface area contributed by atoms with Gasteiger partial charge in [0.15, 0.2) is 0 Å². The second-order valence-electron chi connectivity index (χ2n) is 5.46. The molecule has 4 heteroatoms. The molecule has 116 valence electrons. The summed E-state index contributed by atoms with van der Waals surface area (Å²) in [6, 6.07) is 0. The molecule has 0 aromatic carbocycles. The highest BCUT2D eigenvalue weighted by atomic mass is 35.5. The van der Waals surface area contributed by atoms with Gasteiger partial charge >= 0.3 is 0 Å². The molecule has 0 aliphatic heterocycles. The topological polar surface area (TPSA) is 25.8 Å². The highest BCUT2D eigenvalue weighted by molar-refractivity contribution is 7.11. The minimum atomic E-state index is 0.715. The average Bonchev–Trinajstić information content (AvgIpc) is 2.91. The third kappa shape index (κ3) is 8.91. The van der Waals surface area contributed by atoms with Crippen molar-refractivity contribution < 1.29 is 0 Å². The summed E-state index contributed by atoms with van der Waals surface area (Å²) >= 11 is 7.46. The van der Waals surface area contributed by atoms with E-state index in [4.69, 9.17) is 11.6 Å². The lowest BCUT2D eigenvalue weighted by atomic mass is 10.1. The third-order valence-corrected chi connectivity index (χ3v) is 4.84. The Labute approximate surface area is 133 Å². The largest absolute Gasteiger partial charge is 0.144 e. The second kappa shape index (κ2) is 12.6. The van der Waals surface area contributed by atoms with Crippen LogP contribution in [0.25, 0.3) is 0 Å². The van der Waals surface area contributed by atoms with Crippen LogP contribution in [0.4, 0.5) is 0 Å². The molecule has 0 saturated heterocycles. The van der Waals surface area contributed by atoms with E-state index in [-0.39, 0.29) is 0 Å². The first-order valence-corrected chi connectivity index (χ1v) is 9.59. The predicted molar refractivity (Wildman–Crippen MR) is 89.9 cm³/mol. The first-order chi connectivity index (χ1) is 9.86. The van der Waals surface area contributed by atoms with Crippen LogP contribution in [0, 0.1) is 0 Å². The Morgan fingerprint density at radius 3 is 1.80 bits per heavy atom. The van der Waals surface area contributed by atoms with Crippen LogP contribution in [-0.4, -0.2) is 16.1 Å². The lowest BCUT2D eigenvalue weighted by Gasteiger charge is -2.00. The third-order valence-electron chi connectivity index (χ3n) is 3.53. The van der Waals surface area contributed by atoms with Gasteiger partial charge in [-0.1, -0.05) is 58.3 Å². The fourth-order valence-corrected chi connectivity index (χ4v) is 3.36. The predicted octanol–water partition coefficient (Wildman–Crippen LogP) is 5.78. The number of aryl methyl sites for hydroxylation is 2. The molecule has 1 aromatic rings.